The lowest BCUT2D eigenvalue weighted by Gasteiger charge is -2.28. The molecule has 1 aliphatic heterocycles. The molecule has 1 saturated carbocycles. The Morgan fingerprint density at radius 2 is 2.23 bits per heavy atom. The highest BCUT2D eigenvalue weighted by Crippen LogP contribution is 2.42. The van der Waals surface area contributed by atoms with Gasteiger partial charge in [0.1, 0.15) is 5.37 Å². The molecule has 0 bridgehead atoms. The van der Waals surface area contributed by atoms with Gasteiger partial charge in [-0.3, -0.25) is 9.59 Å². The van der Waals surface area contributed by atoms with E-state index in [9.17, 15) is 9.59 Å². The van der Waals surface area contributed by atoms with Crippen molar-refractivity contribution in [2.45, 2.75) is 32.1 Å². The van der Waals surface area contributed by atoms with Crippen molar-refractivity contribution in [1.29, 1.82) is 0 Å². The van der Waals surface area contributed by atoms with Crippen LogP contribution in [0, 0.1) is 12.8 Å². The first-order valence-electron chi connectivity index (χ1n) is 7.85. The maximum Gasteiger partial charge on any atom is 0.233 e. The van der Waals surface area contributed by atoms with Crippen molar-refractivity contribution in [3.8, 4) is 0 Å². The lowest BCUT2D eigenvalue weighted by atomic mass is 10.2. The first-order valence-corrected chi connectivity index (χ1v) is 9.78. The zero-order valence-corrected chi connectivity index (χ0v) is 14.7. The molecule has 2 amide bonds. The molecule has 1 aromatic rings. The molecule has 2 aliphatic rings. The number of carbonyl (C=O) groups excluding carboxylic acids is 2. The Morgan fingerprint density at radius 1 is 1.45 bits per heavy atom. The number of hydrogen-bond acceptors (Lipinski definition) is 4. The molecule has 1 saturated heterocycles. The highest BCUT2D eigenvalue weighted by Gasteiger charge is 2.36. The van der Waals surface area contributed by atoms with E-state index in [0.717, 1.165) is 19.4 Å². The Bertz CT molecular complexity index is 568. The molecular formula is C16H22N2O2S2. The van der Waals surface area contributed by atoms with E-state index in [1.165, 1.54) is 10.4 Å². The van der Waals surface area contributed by atoms with Gasteiger partial charge in [0.15, 0.2) is 0 Å². The number of amides is 2. The Labute approximate surface area is 139 Å². The van der Waals surface area contributed by atoms with Crippen molar-refractivity contribution in [1.82, 2.24) is 9.80 Å². The van der Waals surface area contributed by atoms with Crippen LogP contribution in [0.4, 0.5) is 0 Å². The molecular weight excluding hydrogens is 316 g/mol. The minimum atomic E-state index is 0.127. The number of nitrogens with zero attached hydrogens (tertiary/aromatic N) is 2. The lowest BCUT2D eigenvalue weighted by molar-refractivity contribution is -0.134. The van der Waals surface area contributed by atoms with E-state index >= 15 is 0 Å². The van der Waals surface area contributed by atoms with Crippen LogP contribution in [0.15, 0.2) is 11.4 Å². The number of carbonyl (C=O) groups is 2. The molecule has 22 heavy (non-hydrogen) atoms. The smallest absolute Gasteiger partial charge is 0.233 e. The van der Waals surface area contributed by atoms with Crippen molar-refractivity contribution < 1.29 is 9.59 Å². The number of rotatable bonds is 6. The predicted molar refractivity (Wildman–Crippen MR) is 90.9 cm³/mol. The predicted octanol–water partition coefficient (Wildman–Crippen LogP) is 2.89. The molecule has 6 heteroatoms. The molecule has 0 radical (unpaired) electrons. The van der Waals surface area contributed by atoms with Crippen molar-refractivity contribution in [2.24, 2.45) is 5.92 Å². The fourth-order valence-electron chi connectivity index (χ4n) is 2.79. The van der Waals surface area contributed by atoms with Crippen LogP contribution >= 0.6 is 23.1 Å². The molecule has 0 spiro atoms. The van der Waals surface area contributed by atoms with E-state index in [1.807, 2.05) is 16.7 Å². The Morgan fingerprint density at radius 3 is 2.82 bits per heavy atom. The number of thioether (sulfide) groups is 1. The van der Waals surface area contributed by atoms with Gasteiger partial charge in [0.25, 0.3) is 0 Å². The third-order valence-electron chi connectivity index (χ3n) is 4.32. The number of aryl methyl sites for hydroxylation is 1. The molecule has 0 N–H and O–H groups in total. The van der Waals surface area contributed by atoms with E-state index in [-0.39, 0.29) is 23.1 Å². The van der Waals surface area contributed by atoms with Crippen LogP contribution < -0.4 is 0 Å². The van der Waals surface area contributed by atoms with Gasteiger partial charge in [0.2, 0.25) is 11.8 Å². The molecule has 2 heterocycles. The zero-order chi connectivity index (χ0) is 15.7. The average molecular weight is 338 g/mol. The molecule has 1 aliphatic carbocycles. The summed E-state index contributed by atoms with van der Waals surface area (Å²) in [6.07, 6.45) is 2.07. The molecule has 0 aromatic carbocycles. The van der Waals surface area contributed by atoms with Gasteiger partial charge in [-0.25, -0.2) is 0 Å². The zero-order valence-electron chi connectivity index (χ0n) is 13.1. The van der Waals surface area contributed by atoms with Crippen molar-refractivity contribution in [3.05, 3.63) is 21.9 Å². The summed E-state index contributed by atoms with van der Waals surface area (Å²) in [5.41, 5.74) is 1.25. The van der Waals surface area contributed by atoms with Gasteiger partial charge in [0, 0.05) is 30.4 Å². The van der Waals surface area contributed by atoms with Gasteiger partial charge in [-0.05, 0) is 43.7 Å². The standard InChI is InChI=1S/C16H22N2O2S2/c1-3-17(15(20)12-4-5-12)7-8-18-13(19)10-22-16(18)14-11(2)6-9-21-14/h6,9,12,16H,3-5,7-8,10H2,1-2H3/t16-/m1/s1. The lowest BCUT2D eigenvalue weighted by Crippen LogP contribution is -2.40. The second-order valence-electron chi connectivity index (χ2n) is 5.91. The molecule has 120 valence electrons. The first kappa shape index (κ1) is 15.9. The van der Waals surface area contributed by atoms with E-state index in [2.05, 4.69) is 18.4 Å². The first-order chi connectivity index (χ1) is 10.6. The Hall–Kier alpha value is -1.01. The minimum absolute atomic E-state index is 0.127. The SMILES string of the molecule is CCN(CCN1C(=O)CS[C@@H]1c1sccc1C)C(=O)C1CC1. The number of thiophene rings is 1. The Kier molecular flexibility index (Phi) is 4.78. The van der Waals surface area contributed by atoms with Gasteiger partial charge in [-0.1, -0.05) is 0 Å². The third-order valence-corrected chi connectivity index (χ3v) is 6.76. The largest absolute Gasteiger partial charge is 0.341 e. The molecule has 1 aromatic heterocycles. The van der Waals surface area contributed by atoms with Crippen LogP contribution in [-0.2, 0) is 9.59 Å². The summed E-state index contributed by atoms with van der Waals surface area (Å²) in [7, 11) is 0. The summed E-state index contributed by atoms with van der Waals surface area (Å²) < 4.78 is 0. The fourth-order valence-corrected chi connectivity index (χ4v) is 5.29. The molecule has 0 unspecified atom stereocenters. The third kappa shape index (κ3) is 3.18. The second-order valence-corrected chi connectivity index (χ2v) is 7.93. The fraction of sp³-hybridized carbons (Fsp3) is 0.625. The van der Waals surface area contributed by atoms with Crippen LogP contribution in [0.3, 0.4) is 0 Å². The van der Waals surface area contributed by atoms with Crippen LogP contribution in [0.5, 0.6) is 0 Å². The Balaban J connectivity index is 1.65. The van der Waals surface area contributed by atoms with Gasteiger partial charge in [-0.15, -0.1) is 23.1 Å². The van der Waals surface area contributed by atoms with Crippen LogP contribution in [-0.4, -0.2) is 47.0 Å². The highest BCUT2D eigenvalue weighted by molar-refractivity contribution is 8.00. The minimum Gasteiger partial charge on any atom is -0.341 e. The van der Waals surface area contributed by atoms with Crippen LogP contribution in [0.25, 0.3) is 0 Å². The van der Waals surface area contributed by atoms with E-state index < -0.39 is 0 Å². The quantitative estimate of drug-likeness (QED) is 0.801. The van der Waals surface area contributed by atoms with Crippen LogP contribution in [0.2, 0.25) is 0 Å². The summed E-state index contributed by atoms with van der Waals surface area (Å²) in [6.45, 7) is 6.14. The number of likely N-dealkylation sites (N-methyl/N-ethyl adjacent to an activating group) is 1. The molecule has 2 fully saturated rings. The van der Waals surface area contributed by atoms with Gasteiger partial charge >= 0.3 is 0 Å². The van der Waals surface area contributed by atoms with Crippen molar-refractivity contribution in [3.63, 3.8) is 0 Å². The van der Waals surface area contributed by atoms with Crippen molar-refractivity contribution in [2.75, 3.05) is 25.4 Å². The van der Waals surface area contributed by atoms with Gasteiger partial charge in [0.05, 0.1) is 5.75 Å². The topological polar surface area (TPSA) is 40.6 Å². The van der Waals surface area contributed by atoms with E-state index in [0.29, 0.717) is 18.8 Å². The van der Waals surface area contributed by atoms with Crippen LogP contribution in [0.1, 0.15) is 35.6 Å². The summed E-state index contributed by atoms with van der Waals surface area (Å²) in [4.78, 5) is 29.6. The van der Waals surface area contributed by atoms with Gasteiger partial charge < -0.3 is 9.80 Å². The molecule has 3 rings (SSSR count). The van der Waals surface area contributed by atoms with Crippen molar-refractivity contribution >= 4 is 34.9 Å². The monoisotopic (exact) mass is 338 g/mol. The normalized spacial score (nSPS) is 21.5. The summed E-state index contributed by atoms with van der Waals surface area (Å²) in [6, 6.07) is 2.11. The van der Waals surface area contributed by atoms with E-state index in [4.69, 9.17) is 0 Å². The van der Waals surface area contributed by atoms with Gasteiger partial charge in [-0.2, -0.15) is 0 Å². The molecule has 1 atom stereocenters. The molecule has 4 nitrogen and oxygen atoms in total. The summed E-state index contributed by atoms with van der Waals surface area (Å²) in [5.74, 6) is 1.26. The second kappa shape index (κ2) is 6.62. The van der Waals surface area contributed by atoms with E-state index in [1.54, 1.807) is 23.1 Å². The summed E-state index contributed by atoms with van der Waals surface area (Å²) in [5, 5.41) is 2.21. The maximum absolute atomic E-state index is 12.2. The number of hydrogen-bond donors (Lipinski definition) is 0. The highest BCUT2D eigenvalue weighted by atomic mass is 32.2. The average Bonchev–Trinajstić information content (AvgIpc) is 3.19. The maximum atomic E-state index is 12.2. The summed E-state index contributed by atoms with van der Waals surface area (Å²) >= 11 is 3.42.